The van der Waals surface area contributed by atoms with Crippen LogP contribution in [0.2, 0.25) is 0 Å². The van der Waals surface area contributed by atoms with Crippen LogP contribution in [0.1, 0.15) is 30.7 Å². The van der Waals surface area contributed by atoms with Crippen LogP contribution in [0, 0.1) is 11.8 Å². The molecule has 0 fully saturated rings. The molecule has 0 aliphatic heterocycles. The summed E-state index contributed by atoms with van der Waals surface area (Å²) in [6.45, 7) is 2.14. The Balaban J connectivity index is 1.90. The molecule has 1 heterocycles. The molecule has 0 amide bonds. The third kappa shape index (κ3) is 2.57. The van der Waals surface area contributed by atoms with Gasteiger partial charge in [0.05, 0.1) is 0 Å². The third-order valence-electron chi connectivity index (χ3n) is 3.26. The Bertz CT molecular complexity index is 729. The summed E-state index contributed by atoms with van der Waals surface area (Å²) in [5.41, 5.74) is 2.87. The quantitative estimate of drug-likeness (QED) is 0.640. The molecule has 2 heteroatoms. The van der Waals surface area contributed by atoms with E-state index in [1.54, 1.807) is 0 Å². The van der Waals surface area contributed by atoms with Crippen molar-refractivity contribution in [1.29, 1.82) is 0 Å². The minimum absolute atomic E-state index is 0.214. The number of hydrogen-bond donors (Lipinski definition) is 0. The van der Waals surface area contributed by atoms with E-state index in [0.29, 0.717) is 5.89 Å². The second-order valence-electron chi connectivity index (χ2n) is 4.63. The summed E-state index contributed by atoms with van der Waals surface area (Å²) in [5.74, 6) is 7.01. The summed E-state index contributed by atoms with van der Waals surface area (Å²) in [6.07, 6.45) is 0.969. The van der Waals surface area contributed by atoms with Crippen molar-refractivity contribution in [2.24, 2.45) is 0 Å². The van der Waals surface area contributed by atoms with Gasteiger partial charge < -0.3 is 4.42 Å². The van der Waals surface area contributed by atoms with Crippen LogP contribution in [0.15, 0.2) is 59.0 Å². The number of benzene rings is 2. The van der Waals surface area contributed by atoms with Crippen LogP contribution < -0.4 is 0 Å². The lowest BCUT2D eigenvalue weighted by molar-refractivity contribution is 0.585. The zero-order valence-corrected chi connectivity index (χ0v) is 11.3. The van der Waals surface area contributed by atoms with Gasteiger partial charge in [0, 0.05) is 5.92 Å². The molecule has 0 radical (unpaired) electrons. The number of aromatic nitrogens is 1. The van der Waals surface area contributed by atoms with Crippen LogP contribution in [-0.4, -0.2) is 4.98 Å². The zero-order chi connectivity index (χ0) is 13.8. The van der Waals surface area contributed by atoms with E-state index in [9.17, 15) is 0 Å². The molecule has 0 saturated heterocycles. The number of fused-ring (bicyclic) bond motifs is 1. The predicted octanol–water partition coefficient (Wildman–Crippen LogP) is 4.37. The molecule has 20 heavy (non-hydrogen) atoms. The summed E-state index contributed by atoms with van der Waals surface area (Å²) in [7, 11) is 0. The second kappa shape index (κ2) is 5.63. The van der Waals surface area contributed by atoms with Gasteiger partial charge in [0.2, 0.25) is 0 Å². The minimum atomic E-state index is 0.214. The van der Waals surface area contributed by atoms with E-state index < -0.39 is 0 Å². The number of para-hydroxylation sites is 2. The van der Waals surface area contributed by atoms with Crippen LogP contribution in [-0.2, 0) is 0 Å². The fourth-order valence-corrected chi connectivity index (χ4v) is 2.18. The van der Waals surface area contributed by atoms with Crippen LogP contribution in [0.3, 0.4) is 0 Å². The Morgan fingerprint density at radius 3 is 2.55 bits per heavy atom. The Kier molecular flexibility index (Phi) is 3.52. The van der Waals surface area contributed by atoms with Gasteiger partial charge in [0.25, 0.3) is 5.89 Å². The van der Waals surface area contributed by atoms with Gasteiger partial charge in [0.15, 0.2) is 5.58 Å². The first-order valence-electron chi connectivity index (χ1n) is 6.79. The number of oxazole rings is 1. The van der Waals surface area contributed by atoms with Gasteiger partial charge in [-0.3, -0.25) is 0 Å². The van der Waals surface area contributed by atoms with Crippen LogP contribution in [0.4, 0.5) is 0 Å². The lowest BCUT2D eigenvalue weighted by atomic mass is 9.97. The average Bonchev–Trinajstić information content (AvgIpc) is 2.92. The summed E-state index contributed by atoms with van der Waals surface area (Å²) >= 11 is 0. The van der Waals surface area contributed by atoms with Crippen molar-refractivity contribution in [3.05, 3.63) is 66.1 Å². The van der Waals surface area contributed by atoms with Crippen molar-refractivity contribution < 1.29 is 4.42 Å². The Labute approximate surface area is 118 Å². The summed E-state index contributed by atoms with van der Waals surface area (Å²) in [5, 5.41) is 0. The fraction of sp³-hybridized carbons (Fsp3) is 0.167. The zero-order valence-electron chi connectivity index (χ0n) is 11.3. The Morgan fingerprint density at radius 1 is 1.05 bits per heavy atom. The molecule has 3 rings (SSSR count). The van der Waals surface area contributed by atoms with Gasteiger partial charge in [-0.25, -0.2) is 4.98 Å². The van der Waals surface area contributed by atoms with Crippen LogP contribution in [0.5, 0.6) is 0 Å². The fourth-order valence-electron chi connectivity index (χ4n) is 2.18. The van der Waals surface area contributed by atoms with E-state index >= 15 is 0 Å². The van der Waals surface area contributed by atoms with E-state index in [2.05, 4.69) is 35.9 Å². The largest absolute Gasteiger partial charge is 0.430 e. The van der Waals surface area contributed by atoms with Gasteiger partial charge in [0.1, 0.15) is 5.52 Å². The average molecular weight is 261 g/mol. The van der Waals surface area contributed by atoms with E-state index in [0.717, 1.165) is 17.5 Å². The van der Waals surface area contributed by atoms with E-state index in [-0.39, 0.29) is 5.92 Å². The summed E-state index contributed by atoms with van der Waals surface area (Å²) < 4.78 is 5.61. The monoisotopic (exact) mass is 261 g/mol. The van der Waals surface area contributed by atoms with Crippen molar-refractivity contribution in [3.8, 4) is 11.8 Å². The van der Waals surface area contributed by atoms with Gasteiger partial charge in [-0.1, -0.05) is 55.3 Å². The second-order valence-corrected chi connectivity index (χ2v) is 4.63. The van der Waals surface area contributed by atoms with Crippen LogP contribution in [0.25, 0.3) is 11.1 Å². The molecule has 0 aliphatic carbocycles. The molecule has 0 N–H and O–H groups in total. The minimum Gasteiger partial charge on any atom is -0.430 e. The molecule has 0 spiro atoms. The lowest BCUT2D eigenvalue weighted by Gasteiger charge is -2.06. The molecule has 1 aromatic heterocycles. The normalized spacial score (nSPS) is 11.8. The predicted molar refractivity (Wildman–Crippen MR) is 80.4 cm³/mol. The molecule has 3 aromatic rings. The third-order valence-corrected chi connectivity index (χ3v) is 3.26. The Hall–Kier alpha value is -2.53. The molecular weight excluding hydrogens is 246 g/mol. The van der Waals surface area contributed by atoms with Crippen molar-refractivity contribution in [2.45, 2.75) is 19.3 Å². The Morgan fingerprint density at radius 2 is 1.80 bits per heavy atom. The first-order valence-corrected chi connectivity index (χ1v) is 6.79. The molecular formula is C18H15NO. The highest BCUT2D eigenvalue weighted by Crippen LogP contribution is 2.19. The number of nitrogens with zero attached hydrogens (tertiary/aromatic N) is 1. The number of rotatable bonds is 2. The topological polar surface area (TPSA) is 26.0 Å². The summed E-state index contributed by atoms with van der Waals surface area (Å²) in [4.78, 5) is 4.37. The van der Waals surface area contributed by atoms with E-state index in [1.165, 1.54) is 5.56 Å². The highest BCUT2D eigenvalue weighted by molar-refractivity contribution is 5.72. The molecule has 0 saturated carbocycles. The molecule has 98 valence electrons. The van der Waals surface area contributed by atoms with E-state index in [4.69, 9.17) is 4.42 Å². The standard InChI is InChI=1S/C18H15NO/c1-2-14(15-8-4-3-5-9-15)12-13-18-19-16-10-6-7-11-17(16)20-18/h3-11,14H,2H2,1H3/t14-/m0/s1. The van der Waals surface area contributed by atoms with Gasteiger partial charge in [-0.15, -0.1) is 0 Å². The van der Waals surface area contributed by atoms with Gasteiger partial charge in [-0.05, 0) is 30.0 Å². The van der Waals surface area contributed by atoms with E-state index in [1.807, 2.05) is 42.5 Å². The van der Waals surface area contributed by atoms with Crippen molar-refractivity contribution >= 4 is 11.1 Å². The van der Waals surface area contributed by atoms with Gasteiger partial charge >= 0.3 is 0 Å². The smallest absolute Gasteiger partial charge is 0.274 e. The first-order chi connectivity index (χ1) is 9.86. The van der Waals surface area contributed by atoms with Crippen molar-refractivity contribution in [3.63, 3.8) is 0 Å². The summed E-state index contributed by atoms with van der Waals surface area (Å²) in [6, 6.07) is 18.0. The highest BCUT2D eigenvalue weighted by atomic mass is 16.3. The lowest BCUT2D eigenvalue weighted by Crippen LogP contribution is -1.93. The van der Waals surface area contributed by atoms with Crippen molar-refractivity contribution in [1.82, 2.24) is 4.98 Å². The molecule has 0 aliphatic rings. The maximum absolute atomic E-state index is 5.61. The highest BCUT2D eigenvalue weighted by Gasteiger charge is 2.06. The van der Waals surface area contributed by atoms with Gasteiger partial charge in [-0.2, -0.15) is 0 Å². The molecule has 2 aromatic carbocycles. The first kappa shape index (κ1) is 12.5. The molecule has 0 bridgehead atoms. The molecule has 0 unspecified atom stereocenters. The maximum atomic E-state index is 5.61. The molecule has 1 atom stereocenters. The maximum Gasteiger partial charge on any atom is 0.274 e. The number of hydrogen-bond acceptors (Lipinski definition) is 2. The van der Waals surface area contributed by atoms with Crippen molar-refractivity contribution in [2.75, 3.05) is 0 Å². The SMILES string of the molecule is CC[C@@H](C#Cc1nc2ccccc2o1)c1ccccc1. The molecule has 2 nitrogen and oxygen atoms in total. The van der Waals surface area contributed by atoms with Crippen LogP contribution >= 0.6 is 0 Å².